The summed E-state index contributed by atoms with van der Waals surface area (Å²) in [6.07, 6.45) is 4.41. The molecule has 2 saturated heterocycles. The molecule has 3 fully saturated rings. The van der Waals surface area contributed by atoms with Gasteiger partial charge in [-0.15, -0.1) is 0 Å². The Labute approximate surface area is 217 Å². The topological polar surface area (TPSA) is 125 Å². The van der Waals surface area contributed by atoms with Gasteiger partial charge in [-0.05, 0) is 83.4 Å². The average Bonchev–Trinajstić information content (AvgIpc) is 3.39. The Bertz CT molecular complexity index is 1150. The maximum Gasteiger partial charge on any atom is 0.269 e. The van der Waals surface area contributed by atoms with E-state index in [-0.39, 0.29) is 47.1 Å². The van der Waals surface area contributed by atoms with Crippen molar-refractivity contribution in [2.45, 2.75) is 89.4 Å². The van der Waals surface area contributed by atoms with Crippen molar-refractivity contribution < 1.29 is 24.0 Å². The van der Waals surface area contributed by atoms with Gasteiger partial charge in [0, 0.05) is 12.1 Å². The van der Waals surface area contributed by atoms with Gasteiger partial charge in [-0.2, -0.15) is 0 Å². The normalized spacial score (nSPS) is 26.7. The van der Waals surface area contributed by atoms with Gasteiger partial charge >= 0.3 is 0 Å². The van der Waals surface area contributed by atoms with Crippen LogP contribution < -0.4 is 10.6 Å². The number of aliphatic imine (C=N–C) groups is 1. The first-order valence-electron chi connectivity index (χ1n) is 13.1. The first-order chi connectivity index (χ1) is 17.6. The van der Waals surface area contributed by atoms with E-state index < -0.39 is 18.0 Å². The number of ketones is 2. The minimum atomic E-state index is -0.818. The lowest BCUT2D eigenvalue weighted by Gasteiger charge is -2.32. The number of Topliss-reactive ketones (excluding diaryl/α,β-unsaturated/α-hetero) is 2. The highest BCUT2D eigenvalue weighted by Gasteiger charge is 2.65. The summed E-state index contributed by atoms with van der Waals surface area (Å²) in [5, 5.41) is 5.81. The zero-order valence-electron chi connectivity index (χ0n) is 22.0. The molecule has 0 bridgehead atoms. The Morgan fingerprint density at radius 3 is 2.57 bits per heavy atom. The molecule has 1 aromatic rings. The van der Waals surface area contributed by atoms with Crippen molar-refractivity contribution >= 4 is 35.0 Å². The number of carbonyl (C=O) groups excluding carboxylic acids is 5. The highest BCUT2D eigenvalue weighted by molar-refractivity contribution is 6.41. The number of rotatable bonds is 8. The molecule has 0 aromatic heterocycles. The van der Waals surface area contributed by atoms with E-state index in [4.69, 9.17) is 0 Å². The number of nitrogens with zero attached hydrogens (tertiary/aromatic N) is 2. The fourth-order valence-electron chi connectivity index (χ4n) is 6.04. The summed E-state index contributed by atoms with van der Waals surface area (Å²) in [5.41, 5.74) is 1.30. The summed E-state index contributed by atoms with van der Waals surface area (Å²) >= 11 is 0. The van der Waals surface area contributed by atoms with Gasteiger partial charge in [0.1, 0.15) is 29.2 Å². The molecule has 3 amide bonds. The van der Waals surface area contributed by atoms with Gasteiger partial charge in [-0.3, -0.25) is 24.0 Å². The van der Waals surface area contributed by atoms with E-state index in [9.17, 15) is 24.0 Å². The standard InChI is InChI=1S/C28H36N4O5/c1-16(29-4)25(35)31-22-10-6-9-21-14-28(21)12-11-23(32(28)27(22)37)26(36)30-15-19-7-5-8-20(13-19)24(17(2)33)18(3)34/h5,7-8,13,16,21,23-24,29H,6,9-12,14-15H2,1-4H3,(H,30,36)/t16-,21?,23-,28?/m0/s1. The van der Waals surface area contributed by atoms with Crippen molar-refractivity contribution in [3.05, 3.63) is 35.4 Å². The number of likely N-dealkylation sites (N-methyl/N-ethyl adjacent to an activating group) is 1. The van der Waals surface area contributed by atoms with Crippen LogP contribution in [0.1, 0.15) is 76.3 Å². The van der Waals surface area contributed by atoms with Crippen molar-refractivity contribution in [1.82, 2.24) is 15.5 Å². The second-order valence-corrected chi connectivity index (χ2v) is 10.7. The molecule has 1 aromatic carbocycles. The lowest BCUT2D eigenvalue weighted by atomic mass is 9.91. The molecule has 2 unspecified atom stereocenters. The third kappa shape index (κ3) is 5.28. The van der Waals surface area contributed by atoms with E-state index in [0.29, 0.717) is 24.3 Å². The van der Waals surface area contributed by atoms with Gasteiger partial charge in [0.05, 0.1) is 6.04 Å². The summed E-state index contributed by atoms with van der Waals surface area (Å²) in [4.78, 5) is 69.3. The molecule has 2 heterocycles. The van der Waals surface area contributed by atoms with Crippen LogP contribution >= 0.6 is 0 Å². The van der Waals surface area contributed by atoms with E-state index >= 15 is 0 Å². The minimum absolute atomic E-state index is 0.212. The number of carbonyl (C=O) groups is 5. The Morgan fingerprint density at radius 2 is 1.89 bits per heavy atom. The number of nitrogens with one attached hydrogen (secondary N) is 2. The van der Waals surface area contributed by atoms with Crippen molar-refractivity contribution in [3.63, 3.8) is 0 Å². The second-order valence-electron chi connectivity index (χ2n) is 10.7. The Kier molecular flexibility index (Phi) is 7.73. The molecule has 9 nitrogen and oxygen atoms in total. The van der Waals surface area contributed by atoms with Crippen molar-refractivity contribution in [3.8, 4) is 0 Å². The van der Waals surface area contributed by atoms with Crippen LogP contribution in [0.2, 0.25) is 0 Å². The lowest BCUT2D eigenvalue weighted by molar-refractivity contribution is -0.137. The summed E-state index contributed by atoms with van der Waals surface area (Å²) < 4.78 is 0. The van der Waals surface area contributed by atoms with Crippen molar-refractivity contribution in [2.75, 3.05) is 7.05 Å². The van der Waals surface area contributed by atoms with Gasteiger partial charge < -0.3 is 15.5 Å². The fraction of sp³-hybridized carbons (Fsp3) is 0.571. The van der Waals surface area contributed by atoms with Gasteiger partial charge in [0.25, 0.3) is 11.8 Å². The zero-order chi connectivity index (χ0) is 26.9. The predicted octanol–water partition coefficient (Wildman–Crippen LogP) is 2.07. The fourth-order valence-corrected chi connectivity index (χ4v) is 6.04. The minimum Gasteiger partial charge on any atom is -0.350 e. The number of hydrogen-bond donors (Lipinski definition) is 2. The number of hydrogen-bond acceptors (Lipinski definition) is 6. The number of amides is 3. The summed E-state index contributed by atoms with van der Waals surface area (Å²) in [6, 6.07) is 5.98. The summed E-state index contributed by atoms with van der Waals surface area (Å²) in [5.74, 6) is -1.81. The first kappa shape index (κ1) is 26.9. The van der Waals surface area contributed by atoms with Crippen LogP contribution in [0.5, 0.6) is 0 Å². The van der Waals surface area contributed by atoms with E-state index in [2.05, 4.69) is 15.6 Å². The second kappa shape index (κ2) is 10.7. The largest absolute Gasteiger partial charge is 0.350 e. The van der Waals surface area contributed by atoms with Gasteiger partial charge in [0.15, 0.2) is 0 Å². The maximum absolute atomic E-state index is 13.7. The average molecular weight is 509 g/mol. The molecule has 2 N–H and O–H groups in total. The van der Waals surface area contributed by atoms with Crippen LogP contribution in [0, 0.1) is 5.92 Å². The Hall–Kier alpha value is -3.20. The third-order valence-electron chi connectivity index (χ3n) is 8.19. The molecule has 1 spiro atoms. The molecule has 198 valence electrons. The molecular weight excluding hydrogens is 472 g/mol. The lowest BCUT2D eigenvalue weighted by Crippen LogP contribution is -2.53. The zero-order valence-corrected chi connectivity index (χ0v) is 22.0. The Morgan fingerprint density at radius 1 is 1.16 bits per heavy atom. The van der Waals surface area contributed by atoms with Crippen LogP contribution in [0.25, 0.3) is 0 Å². The SMILES string of the molecule is CN[C@@H](C)C(=O)N=C1CCCC2CC23CC[C@@H](C(=O)NCc2cccc(C(C(C)=O)C(C)=O)c2)N3C1=O. The summed E-state index contributed by atoms with van der Waals surface area (Å²) in [7, 11) is 1.67. The summed E-state index contributed by atoms with van der Waals surface area (Å²) in [6.45, 7) is 4.71. The third-order valence-corrected chi connectivity index (χ3v) is 8.19. The molecule has 4 rings (SSSR count). The molecule has 1 aliphatic carbocycles. The molecule has 2 aliphatic heterocycles. The highest BCUT2D eigenvalue weighted by Crippen LogP contribution is 2.59. The molecular formula is C28H36N4O5. The molecule has 37 heavy (non-hydrogen) atoms. The maximum atomic E-state index is 13.7. The van der Waals surface area contributed by atoms with Crippen molar-refractivity contribution in [2.24, 2.45) is 10.9 Å². The van der Waals surface area contributed by atoms with Crippen LogP contribution in [0.4, 0.5) is 0 Å². The van der Waals surface area contributed by atoms with Crippen molar-refractivity contribution in [1.29, 1.82) is 0 Å². The van der Waals surface area contributed by atoms with Crippen LogP contribution in [-0.2, 0) is 30.5 Å². The Balaban J connectivity index is 1.51. The van der Waals surface area contributed by atoms with Crippen LogP contribution in [-0.4, -0.2) is 64.6 Å². The highest BCUT2D eigenvalue weighted by atomic mass is 16.2. The quantitative estimate of drug-likeness (QED) is 0.518. The monoisotopic (exact) mass is 508 g/mol. The van der Waals surface area contributed by atoms with Gasteiger partial charge in [0.2, 0.25) is 5.91 Å². The van der Waals surface area contributed by atoms with E-state index in [1.807, 2.05) is 6.07 Å². The molecule has 3 aliphatic rings. The van der Waals surface area contributed by atoms with Crippen LogP contribution in [0.15, 0.2) is 29.3 Å². The van der Waals surface area contributed by atoms with E-state index in [1.165, 1.54) is 13.8 Å². The molecule has 4 atom stereocenters. The predicted molar refractivity (Wildman–Crippen MR) is 138 cm³/mol. The van der Waals surface area contributed by atoms with Crippen LogP contribution in [0.3, 0.4) is 0 Å². The van der Waals surface area contributed by atoms with Gasteiger partial charge in [-0.1, -0.05) is 24.3 Å². The van der Waals surface area contributed by atoms with E-state index in [1.54, 1.807) is 37.1 Å². The first-order valence-corrected chi connectivity index (χ1v) is 13.1. The van der Waals surface area contributed by atoms with Gasteiger partial charge in [-0.25, -0.2) is 4.99 Å². The molecule has 1 saturated carbocycles. The smallest absolute Gasteiger partial charge is 0.269 e. The van der Waals surface area contributed by atoms with E-state index in [0.717, 1.165) is 31.2 Å². The molecule has 9 heteroatoms. The molecule has 0 radical (unpaired) electrons. The number of benzene rings is 1.